The van der Waals surface area contributed by atoms with Gasteiger partial charge in [0.2, 0.25) is 0 Å². The van der Waals surface area contributed by atoms with Gasteiger partial charge in [0.25, 0.3) is 0 Å². The van der Waals surface area contributed by atoms with Crippen molar-refractivity contribution in [1.29, 1.82) is 0 Å². The maximum atomic E-state index is 12.7. The van der Waals surface area contributed by atoms with Gasteiger partial charge in [0, 0.05) is 12.7 Å². The van der Waals surface area contributed by atoms with Crippen LogP contribution in [0.1, 0.15) is 0 Å². The summed E-state index contributed by atoms with van der Waals surface area (Å²) in [5.74, 6) is -0.452. The molecule has 2 nitrogen and oxygen atoms in total. The van der Waals surface area contributed by atoms with Gasteiger partial charge in [-0.25, -0.2) is 4.39 Å². The average molecular weight is 190 g/mol. The normalized spacial score (nSPS) is 10.0. The van der Waals surface area contributed by atoms with Gasteiger partial charge >= 0.3 is 0 Å². The van der Waals surface area contributed by atoms with Gasteiger partial charge < -0.3 is 10.0 Å². The molecule has 0 fully saturated rings. The number of anilines is 1. The summed E-state index contributed by atoms with van der Waals surface area (Å²) in [6.07, 6.45) is 0. The summed E-state index contributed by atoms with van der Waals surface area (Å²) in [6, 6.07) is 4.29. The van der Waals surface area contributed by atoms with Gasteiger partial charge in [-0.3, -0.25) is 0 Å². The Bertz CT molecular complexity index is 280. The molecule has 4 heteroatoms. The minimum Gasteiger partial charge on any atom is -0.376 e. The highest BCUT2D eigenvalue weighted by Crippen LogP contribution is 2.21. The average Bonchev–Trinajstić information content (AvgIpc) is 2.08. The van der Waals surface area contributed by atoms with Crippen molar-refractivity contribution in [3.05, 3.63) is 29.0 Å². The molecule has 12 heavy (non-hydrogen) atoms. The van der Waals surface area contributed by atoms with Crippen LogP contribution in [0.15, 0.2) is 18.2 Å². The van der Waals surface area contributed by atoms with E-state index in [0.29, 0.717) is 5.69 Å². The Labute approximate surface area is 75.2 Å². The van der Waals surface area contributed by atoms with Gasteiger partial charge in [0.15, 0.2) is 0 Å². The van der Waals surface area contributed by atoms with Crippen molar-refractivity contribution in [3.63, 3.8) is 0 Å². The van der Waals surface area contributed by atoms with Crippen LogP contribution < -0.4 is 4.90 Å². The maximum Gasteiger partial charge on any atom is 0.141 e. The fraction of sp³-hybridized carbons (Fsp3) is 0.250. The highest BCUT2D eigenvalue weighted by Gasteiger charge is 2.03. The number of aliphatic hydroxyl groups excluding tert-OH is 1. The van der Waals surface area contributed by atoms with Crippen molar-refractivity contribution >= 4 is 17.3 Å². The lowest BCUT2D eigenvalue weighted by Crippen LogP contribution is -2.17. The molecule has 66 valence electrons. The van der Waals surface area contributed by atoms with Gasteiger partial charge in [0.05, 0.1) is 5.02 Å². The number of rotatable bonds is 2. The van der Waals surface area contributed by atoms with Crippen LogP contribution in [-0.2, 0) is 0 Å². The molecule has 0 saturated heterocycles. The van der Waals surface area contributed by atoms with Crippen LogP contribution in [0, 0.1) is 5.82 Å². The molecule has 0 heterocycles. The van der Waals surface area contributed by atoms with E-state index >= 15 is 0 Å². The molecule has 0 spiro atoms. The third kappa shape index (κ3) is 1.87. The van der Waals surface area contributed by atoms with Crippen molar-refractivity contribution in [2.45, 2.75) is 0 Å². The van der Waals surface area contributed by atoms with Crippen LogP contribution in [0.5, 0.6) is 0 Å². The highest BCUT2D eigenvalue weighted by atomic mass is 35.5. The second-order valence-electron chi connectivity index (χ2n) is 2.44. The molecule has 0 aliphatic carbocycles. The molecule has 0 aliphatic rings. The lowest BCUT2D eigenvalue weighted by atomic mass is 10.3. The summed E-state index contributed by atoms with van der Waals surface area (Å²) < 4.78 is 12.7. The Balaban J connectivity index is 2.96. The maximum absolute atomic E-state index is 12.7. The van der Waals surface area contributed by atoms with Crippen LogP contribution in [-0.4, -0.2) is 18.9 Å². The Morgan fingerprint density at radius 2 is 2.25 bits per heavy atom. The zero-order valence-corrected chi connectivity index (χ0v) is 7.35. The largest absolute Gasteiger partial charge is 0.376 e. The van der Waals surface area contributed by atoms with Crippen molar-refractivity contribution in [1.82, 2.24) is 0 Å². The highest BCUT2D eigenvalue weighted by molar-refractivity contribution is 6.31. The molecular weight excluding hydrogens is 181 g/mol. The van der Waals surface area contributed by atoms with Crippen molar-refractivity contribution in [2.24, 2.45) is 0 Å². The molecule has 0 saturated carbocycles. The molecule has 1 aromatic rings. The van der Waals surface area contributed by atoms with E-state index in [9.17, 15) is 4.39 Å². The SMILES string of the molecule is CN(CO)c1ccc(F)c(Cl)c1. The van der Waals surface area contributed by atoms with Gasteiger partial charge in [-0.15, -0.1) is 0 Å². The molecular formula is C8H9ClFNO. The quantitative estimate of drug-likeness (QED) is 0.718. The Morgan fingerprint density at radius 1 is 1.58 bits per heavy atom. The van der Waals surface area contributed by atoms with Crippen molar-refractivity contribution in [3.8, 4) is 0 Å². The van der Waals surface area contributed by atoms with Crippen LogP contribution in [0.3, 0.4) is 0 Å². The lowest BCUT2D eigenvalue weighted by Gasteiger charge is -2.15. The smallest absolute Gasteiger partial charge is 0.141 e. The van der Waals surface area contributed by atoms with E-state index in [1.54, 1.807) is 18.0 Å². The third-order valence-corrected chi connectivity index (χ3v) is 1.85. The number of nitrogens with zero attached hydrogens (tertiary/aromatic N) is 1. The summed E-state index contributed by atoms with van der Waals surface area (Å²) in [6.45, 7) is -0.123. The molecule has 0 aromatic heterocycles. The second kappa shape index (κ2) is 3.74. The molecule has 1 aromatic carbocycles. The van der Waals surface area contributed by atoms with Crippen molar-refractivity contribution < 1.29 is 9.50 Å². The van der Waals surface area contributed by atoms with Crippen LogP contribution in [0.25, 0.3) is 0 Å². The van der Waals surface area contributed by atoms with E-state index in [1.165, 1.54) is 12.1 Å². The van der Waals surface area contributed by atoms with Crippen LogP contribution in [0.2, 0.25) is 5.02 Å². The molecule has 0 amide bonds. The fourth-order valence-corrected chi connectivity index (χ4v) is 0.979. The zero-order chi connectivity index (χ0) is 9.14. The lowest BCUT2D eigenvalue weighted by molar-refractivity contribution is 0.298. The summed E-state index contributed by atoms with van der Waals surface area (Å²) in [7, 11) is 1.68. The first-order chi connectivity index (χ1) is 5.65. The van der Waals surface area contributed by atoms with Crippen LogP contribution in [0.4, 0.5) is 10.1 Å². The van der Waals surface area contributed by atoms with E-state index in [2.05, 4.69) is 0 Å². The second-order valence-corrected chi connectivity index (χ2v) is 2.84. The molecule has 0 bridgehead atoms. The summed E-state index contributed by atoms with van der Waals surface area (Å²) in [5.41, 5.74) is 0.684. The van der Waals surface area contributed by atoms with Gasteiger partial charge in [-0.2, -0.15) is 0 Å². The van der Waals surface area contributed by atoms with Gasteiger partial charge in [-0.1, -0.05) is 11.6 Å². The van der Waals surface area contributed by atoms with Gasteiger partial charge in [0.1, 0.15) is 12.5 Å². The summed E-state index contributed by atoms with van der Waals surface area (Å²) >= 11 is 5.53. The molecule has 0 unspecified atom stereocenters. The van der Waals surface area contributed by atoms with E-state index in [0.717, 1.165) is 0 Å². The Morgan fingerprint density at radius 3 is 2.75 bits per heavy atom. The fourth-order valence-electron chi connectivity index (χ4n) is 0.804. The van der Waals surface area contributed by atoms with Crippen LogP contribution >= 0.6 is 11.6 Å². The third-order valence-electron chi connectivity index (χ3n) is 1.56. The van der Waals surface area contributed by atoms with E-state index in [-0.39, 0.29) is 11.8 Å². The summed E-state index contributed by atoms with van der Waals surface area (Å²) in [5, 5.41) is 8.80. The monoisotopic (exact) mass is 189 g/mol. The first-order valence-electron chi connectivity index (χ1n) is 3.42. The minimum atomic E-state index is -0.452. The van der Waals surface area contributed by atoms with E-state index < -0.39 is 5.82 Å². The standard InChI is InChI=1S/C8H9ClFNO/c1-11(5-12)6-2-3-8(10)7(9)4-6/h2-4,12H,5H2,1H3. The first-order valence-corrected chi connectivity index (χ1v) is 3.80. The van der Waals surface area contributed by atoms with E-state index in [1.807, 2.05) is 0 Å². The predicted molar refractivity (Wildman–Crippen MR) is 46.9 cm³/mol. The summed E-state index contributed by atoms with van der Waals surface area (Å²) in [4.78, 5) is 1.55. The van der Waals surface area contributed by atoms with E-state index in [4.69, 9.17) is 16.7 Å². The molecule has 0 radical (unpaired) electrons. The Kier molecular flexibility index (Phi) is 2.89. The number of halogens is 2. The van der Waals surface area contributed by atoms with Gasteiger partial charge in [-0.05, 0) is 18.2 Å². The predicted octanol–water partition coefficient (Wildman–Crippen LogP) is 1.87. The number of benzene rings is 1. The molecule has 0 atom stereocenters. The zero-order valence-electron chi connectivity index (χ0n) is 6.59. The molecule has 1 rings (SSSR count). The number of hydrogen-bond acceptors (Lipinski definition) is 2. The topological polar surface area (TPSA) is 23.5 Å². The Hall–Kier alpha value is -0.800. The number of aliphatic hydroxyl groups is 1. The minimum absolute atomic E-state index is 0.0628. The number of hydrogen-bond donors (Lipinski definition) is 1. The molecule has 0 aliphatic heterocycles. The molecule has 1 N–H and O–H groups in total. The van der Waals surface area contributed by atoms with Crippen molar-refractivity contribution in [2.75, 3.05) is 18.7 Å². The first kappa shape index (κ1) is 9.29.